The van der Waals surface area contributed by atoms with Crippen LogP contribution < -0.4 is 9.80 Å². The fourth-order valence-corrected chi connectivity index (χ4v) is 4.60. The Morgan fingerprint density at radius 2 is 1.77 bits per heavy atom. The average molecular weight is 423 g/mol. The number of benzene rings is 1. The Bertz CT molecular complexity index is 1060. The van der Waals surface area contributed by atoms with Crippen molar-refractivity contribution in [3.05, 3.63) is 36.2 Å². The molecular weight excluding hydrogens is 392 g/mol. The van der Waals surface area contributed by atoms with Crippen LogP contribution in [0.15, 0.2) is 30.3 Å². The number of fused-ring (bicyclic) bond motifs is 1. The van der Waals surface area contributed by atoms with Gasteiger partial charge in [0.1, 0.15) is 24.1 Å². The molecule has 8 nitrogen and oxygen atoms in total. The van der Waals surface area contributed by atoms with Gasteiger partial charge in [0.2, 0.25) is 5.95 Å². The first-order chi connectivity index (χ1) is 15.2. The van der Waals surface area contributed by atoms with E-state index in [2.05, 4.69) is 34.7 Å². The largest absolute Gasteiger partial charge is 0.388 e. The van der Waals surface area contributed by atoms with Gasteiger partial charge < -0.3 is 19.6 Å². The lowest BCUT2D eigenvalue weighted by molar-refractivity contribution is 0.0281. The first-order valence-corrected chi connectivity index (χ1v) is 11.3. The molecule has 1 N–H and O–H groups in total. The molecule has 2 aliphatic rings. The maximum Gasteiger partial charge on any atom is 0.239 e. The molecule has 8 heteroatoms. The third kappa shape index (κ3) is 3.74. The number of rotatable bonds is 4. The van der Waals surface area contributed by atoms with Crippen LogP contribution in [0.4, 0.5) is 11.6 Å². The van der Waals surface area contributed by atoms with E-state index in [-0.39, 0.29) is 18.8 Å². The molecule has 0 spiro atoms. The summed E-state index contributed by atoms with van der Waals surface area (Å²) >= 11 is 0. The maximum atomic E-state index is 10.0. The quantitative estimate of drug-likeness (QED) is 0.692. The Balaban J connectivity index is 1.67. The zero-order valence-electron chi connectivity index (χ0n) is 18.2. The fourth-order valence-electron chi connectivity index (χ4n) is 4.60. The molecule has 0 aliphatic carbocycles. The third-order valence-electron chi connectivity index (χ3n) is 6.52. The van der Waals surface area contributed by atoms with Gasteiger partial charge in [0.15, 0.2) is 0 Å². The highest BCUT2D eigenvalue weighted by Crippen LogP contribution is 2.29. The van der Waals surface area contributed by atoms with Gasteiger partial charge in [-0.15, -0.1) is 0 Å². The molecule has 0 radical (unpaired) electrons. The second-order valence-electron chi connectivity index (χ2n) is 8.45. The van der Waals surface area contributed by atoms with Crippen LogP contribution in [0.1, 0.15) is 38.9 Å². The van der Waals surface area contributed by atoms with Crippen molar-refractivity contribution < 1.29 is 9.84 Å². The van der Waals surface area contributed by atoms with Crippen molar-refractivity contribution in [1.29, 1.82) is 0 Å². The summed E-state index contributed by atoms with van der Waals surface area (Å²) in [5, 5.41) is 10.0. The molecule has 5 rings (SSSR count). The number of hydrogen-bond acceptors (Lipinski definition) is 7. The Kier molecular flexibility index (Phi) is 5.50. The lowest BCUT2D eigenvalue weighted by Crippen LogP contribution is -2.49. The van der Waals surface area contributed by atoms with Crippen LogP contribution in [0.25, 0.3) is 17.0 Å². The van der Waals surface area contributed by atoms with E-state index < -0.39 is 0 Å². The standard InChI is InChI=1S/C23H30N6O2/c1-16-17(2)31-13-12-28(16)21-14-20(27-10-6-3-7-11-27)25-23(26-21)29-19-9-5-4-8-18(19)24-22(29)15-30/h4-5,8-9,14,16-17,30H,3,6-7,10-13,15H2,1-2H3/t16-,17+/m1/s1. The Morgan fingerprint density at radius 1 is 1.00 bits per heavy atom. The van der Waals surface area contributed by atoms with Crippen LogP contribution in [-0.2, 0) is 11.3 Å². The van der Waals surface area contributed by atoms with Crippen LogP contribution in [-0.4, -0.2) is 63.0 Å². The predicted octanol–water partition coefficient (Wildman–Crippen LogP) is 2.91. The highest BCUT2D eigenvalue weighted by molar-refractivity contribution is 5.77. The highest BCUT2D eigenvalue weighted by Gasteiger charge is 2.28. The molecule has 3 aromatic rings. The van der Waals surface area contributed by atoms with Gasteiger partial charge in [-0.2, -0.15) is 9.97 Å². The summed E-state index contributed by atoms with van der Waals surface area (Å²) in [4.78, 5) is 19.2. The molecule has 0 saturated carbocycles. The first kappa shape index (κ1) is 20.2. The summed E-state index contributed by atoms with van der Waals surface area (Å²) in [5.41, 5.74) is 1.73. The Labute approximate surface area is 182 Å². The monoisotopic (exact) mass is 422 g/mol. The highest BCUT2D eigenvalue weighted by atomic mass is 16.5. The molecule has 0 unspecified atom stereocenters. The zero-order valence-corrected chi connectivity index (χ0v) is 18.2. The summed E-state index contributed by atoms with van der Waals surface area (Å²) in [6, 6.07) is 10.2. The number of ether oxygens (including phenoxy) is 1. The minimum Gasteiger partial charge on any atom is -0.388 e. The van der Waals surface area contributed by atoms with E-state index in [1.807, 2.05) is 28.8 Å². The molecular formula is C23H30N6O2. The number of aromatic nitrogens is 4. The van der Waals surface area contributed by atoms with Gasteiger partial charge in [-0.05, 0) is 45.2 Å². The smallest absolute Gasteiger partial charge is 0.239 e. The van der Waals surface area contributed by atoms with Crippen molar-refractivity contribution in [3.63, 3.8) is 0 Å². The van der Waals surface area contributed by atoms with Crippen molar-refractivity contribution in [2.75, 3.05) is 36.0 Å². The number of piperidine rings is 1. The Hall–Kier alpha value is -2.71. The lowest BCUT2D eigenvalue weighted by Gasteiger charge is -2.39. The second kappa shape index (κ2) is 8.43. The van der Waals surface area contributed by atoms with E-state index >= 15 is 0 Å². The number of morpholine rings is 1. The minimum absolute atomic E-state index is 0.132. The molecule has 164 valence electrons. The van der Waals surface area contributed by atoms with Crippen LogP contribution in [0.5, 0.6) is 0 Å². The van der Waals surface area contributed by atoms with Gasteiger partial charge in [-0.1, -0.05) is 12.1 Å². The van der Waals surface area contributed by atoms with E-state index in [1.165, 1.54) is 19.3 Å². The molecule has 2 aliphatic heterocycles. The van der Waals surface area contributed by atoms with Crippen molar-refractivity contribution in [1.82, 2.24) is 19.5 Å². The molecule has 2 fully saturated rings. The topological polar surface area (TPSA) is 79.5 Å². The molecule has 2 aromatic heterocycles. The minimum atomic E-state index is -0.174. The van der Waals surface area contributed by atoms with Gasteiger partial charge in [0, 0.05) is 25.7 Å². The summed E-state index contributed by atoms with van der Waals surface area (Å²) in [6.45, 7) is 7.59. The number of aliphatic hydroxyl groups excluding tert-OH is 1. The van der Waals surface area contributed by atoms with Crippen molar-refractivity contribution >= 4 is 22.7 Å². The van der Waals surface area contributed by atoms with Gasteiger partial charge in [0.05, 0.1) is 29.8 Å². The van der Waals surface area contributed by atoms with Crippen LogP contribution in [0, 0.1) is 0 Å². The summed E-state index contributed by atoms with van der Waals surface area (Å²) in [5.74, 6) is 2.94. The molecule has 1 aromatic carbocycles. The molecule has 2 atom stereocenters. The van der Waals surface area contributed by atoms with E-state index in [0.29, 0.717) is 18.4 Å². The third-order valence-corrected chi connectivity index (χ3v) is 6.52. The number of imidazole rings is 1. The summed E-state index contributed by atoms with van der Waals surface area (Å²) < 4.78 is 7.73. The molecule has 0 amide bonds. The van der Waals surface area contributed by atoms with Gasteiger partial charge >= 0.3 is 0 Å². The normalized spacial score (nSPS) is 22.3. The van der Waals surface area contributed by atoms with Gasteiger partial charge in [-0.25, -0.2) is 4.98 Å². The summed E-state index contributed by atoms with van der Waals surface area (Å²) in [6.07, 6.45) is 3.75. The zero-order chi connectivity index (χ0) is 21.4. The number of anilines is 2. The SMILES string of the molecule is C[C@@H]1OCCN(c2cc(N3CCCCC3)nc(-n3c(CO)nc4ccccc43)n2)[C@@H]1C. The molecule has 31 heavy (non-hydrogen) atoms. The van der Waals surface area contributed by atoms with E-state index in [0.717, 1.165) is 42.3 Å². The van der Waals surface area contributed by atoms with Crippen molar-refractivity contribution in [2.24, 2.45) is 0 Å². The first-order valence-electron chi connectivity index (χ1n) is 11.3. The molecule has 2 saturated heterocycles. The second-order valence-corrected chi connectivity index (χ2v) is 8.45. The van der Waals surface area contributed by atoms with E-state index in [4.69, 9.17) is 14.7 Å². The van der Waals surface area contributed by atoms with Crippen molar-refractivity contribution in [3.8, 4) is 5.95 Å². The van der Waals surface area contributed by atoms with Crippen molar-refractivity contribution in [2.45, 2.75) is 51.9 Å². The maximum absolute atomic E-state index is 10.0. The van der Waals surface area contributed by atoms with Crippen LogP contribution in [0.2, 0.25) is 0 Å². The van der Waals surface area contributed by atoms with Crippen LogP contribution in [0.3, 0.4) is 0 Å². The number of aliphatic hydroxyl groups is 1. The summed E-state index contributed by atoms with van der Waals surface area (Å²) in [7, 11) is 0. The Morgan fingerprint density at radius 3 is 2.58 bits per heavy atom. The molecule has 0 bridgehead atoms. The van der Waals surface area contributed by atoms with E-state index in [1.54, 1.807) is 0 Å². The fraction of sp³-hybridized carbons (Fsp3) is 0.522. The van der Waals surface area contributed by atoms with Gasteiger partial charge in [-0.3, -0.25) is 4.57 Å². The number of hydrogen-bond donors (Lipinski definition) is 1. The van der Waals surface area contributed by atoms with E-state index in [9.17, 15) is 5.11 Å². The van der Waals surface area contributed by atoms with Gasteiger partial charge in [0.25, 0.3) is 0 Å². The lowest BCUT2D eigenvalue weighted by atomic mass is 10.1. The predicted molar refractivity (Wildman–Crippen MR) is 121 cm³/mol. The average Bonchev–Trinajstić information content (AvgIpc) is 3.20. The number of nitrogens with zero attached hydrogens (tertiary/aromatic N) is 6. The number of para-hydroxylation sites is 2. The molecule has 4 heterocycles. The van der Waals surface area contributed by atoms with Crippen LogP contribution >= 0.6 is 0 Å².